The first kappa shape index (κ1) is 17.2. The number of thiazole rings is 1. The van der Waals surface area contributed by atoms with Gasteiger partial charge in [-0.25, -0.2) is 4.98 Å². The zero-order valence-corrected chi connectivity index (χ0v) is 13.6. The molecular formula is C16H17F3N2O2S. The lowest BCUT2D eigenvalue weighted by molar-refractivity contribution is -0.137. The van der Waals surface area contributed by atoms with Crippen molar-refractivity contribution in [1.82, 2.24) is 9.88 Å². The van der Waals surface area contributed by atoms with Crippen LogP contribution in [0.2, 0.25) is 0 Å². The Labute approximate surface area is 141 Å². The van der Waals surface area contributed by atoms with E-state index in [0.29, 0.717) is 32.1 Å². The predicted octanol–water partition coefficient (Wildman–Crippen LogP) is 3.44. The first-order valence-corrected chi connectivity index (χ1v) is 8.41. The molecule has 3 rings (SSSR count). The van der Waals surface area contributed by atoms with Crippen molar-refractivity contribution < 1.29 is 22.6 Å². The highest BCUT2D eigenvalue weighted by Gasteiger charge is 2.30. The van der Waals surface area contributed by atoms with Crippen LogP contribution in [0.1, 0.15) is 10.6 Å². The molecule has 1 aliphatic rings. The third-order valence-electron chi connectivity index (χ3n) is 3.64. The highest BCUT2D eigenvalue weighted by atomic mass is 32.1. The fourth-order valence-corrected chi connectivity index (χ4v) is 3.15. The van der Waals surface area contributed by atoms with Crippen LogP contribution in [0.3, 0.4) is 0 Å². The topological polar surface area (TPSA) is 34.6 Å². The van der Waals surface area contributed by atoms with Gasteiger partial charge in [0.15, 0.2) is 0 Å². The summed E-state index contributed by atoms with van der Waals surface area (Å²) < 4.78 is 49.1. The van der Waals surface area contributed by atoms with Crippen molar-refractivity contribution in [3.05, 3.63) is 46.4 Å². The molecule has 130 valence electrons. The number of alkyl halides is 3. The molecule has 2 heterocycles. The highest BCUT2D eigenvalue weighted by molar-refractivity contribution is 7.09. The van der Waals surface area contributed by atoms with E-state index in [1.165, 1.54) is 12.1 Å². The minimum atomic E-state index is -4.34. The largest absolute Gasteiger partial charge is 0.487 e. The quantitative estimate of drug-likeness (QED) is 0.839. The Morgan fingerprint density at radius 1 is 1.29 bits per heavy atom. The van der Waals surface area contributed by atoms with Gasteiger partial charge in [-0.2, -0.15) is 13.2 Å². The maximum absolute atomic E-state index is 12.6. The monoisotopic (exact) mass is 358 g/mol. The first-order valence-electron chi connectivity index (χ1n) is 7.53. The van der Waals surface area contributed by atoms with Crippen molar-refractivity contribution in [2.45, 2.75) is 18.8 Å². The number of nitrogens with zero attached hydrogens (tertiary/aromatic N) is 2. The summed E-state index contributed by atoms with van der Waals surface area (Å²) in [5.74, 6) is 0.410. The molecule has 1 saturated heterocycles. The second-order valence-corrected chi connectivity index (χ2v) is 6.48. The number of halogens is 3. The van der Waals surface area contributed by atoms with Gasteiger partial charge in [0.2, 0.25) is 0 Å². The zero-order valence-electron chi connectivity index (χ0n) is 12.8. The van der Waals surface area contributed by atoms with Crippen LogP contribution in [0.4, 0.5) is 13.2 Å². The first-order chi connectivity index (χ1) is 11.5. The zero-order chi connectivity index (χ0) is 17.0. The van der Waals surface area contributed by atoms with E-state index in [0.717, 1.165) is 23.7 Å². The number of hydrogen-bond donors (Lipinski definition) is 0. The molecule has 1 aromatic heterocycles. The maximum atomic E-state index is 12.6. The number of aromatic nitrogens is 1. The van der Waals surface area contributed by atoms with E-state index in [2.05, 4.69) is 9.88 Å². The average Bonchev–Trinajstić information content (AvgIpc) is 2.94. The van der Waals surface area contributed by atoms with Crippen molar-refractivity contribution in [3.8, 4) is 5.75 Å². The number of benzene rings is 1. The van der Waals surface area contributed by atoms with E-state index in [1.54, 1.807) is 17.5 Å². The Bertz CT molecular complexity index is 632. The predicted molar refractivity (Wildman–Crippen MR) is 84.1 cm³/mol. The third kappa shape index (κ3) is 4.68. The summed E-state index contributed by atoms with van der Waals surface area (Å²) in [7, 11) is 0. The Balaban J connectivity index is 1.60. The van der Waals surface area contributed by atoms with E-state index in [4.69, 9.17) is 9.47 Å². The van der Waals surface area contributed by atoms with Crippen LogP contribution in [0.25, 0.3) is 0 Å². The summed E-state index contributed by atoms with van der Waals surface area (Å²) in [4.78, 5) is 6.45. The van der Waals surface area contributed by atoms with Crippen LogP contribution in [0.5, 0.6) is 5.75 Å². The van der Waals surface area contributed by atoms with Crippen LogP contribution < -0.4 is 4.74 Å². The van der Waals surface area contributed by atoms with Gasteiger partial charge in [0, 0.05) is 24.7 Å². The second-order valence-electron chi connectivity index (χ2n) is 5.50. The van der Waals surface area contributed by atoms with Gasteiger partial charge in [0.1, 0.15) is 16.9 Å². The summed E-state index contributed by atoms with van der Waals surface area (Å²) >= 11 is 1.59. The smallest absolute Gasteiger partial charge is 0.416 e. The molecule has 8 heteroatoms. The number of ether oxygens (including phenoxy) is 2. The third-order valence-corrected chi connectivity index (χ3v) is 4.41. The van der Waals surface area contributed by atoms with Crippen molar-refractivity contribution in [1.29, 1.82) is 0 Å². The molecule has 0 N–H and O–H groups in total. The summed E-state index contributed by atoms with van der Waals surface area (Å²) in [6, 6.07) is 4.75. The van der Waals surface area contributed by atoms with E-state index in [1.807, 2.05) is 5.38 Å². The Morgan fingerprint density at radius 3 is 2.75 bits per heavy atom. The Hall–Kier alpha value is -1.64. The highest BCUT2D eigenvalue weighted by Crippen LogP contribution is 2.30. The number of rotatable bonds is 4. The fourth-order valence-electron chi connectivity index (χ4n) is 2.49. The van der Waals surface area contributed by atoms with Gasteiger partial charge < -0.3 is 9.47 Å². The van der Waals surface area contributed by atoms with Crippen LogP contribution in [-0.2, 0) is 17.5 Å². The molecule has 0 unspecified atom stereocenters. The molecule has 1 atom stereocenters. The molecule has 0 spiro atoms. The van der Waals surface area contributed by atoms with Crippen LogP contribution in [-0.4, -0.2) is 42.3 Å². The molecule has 1 aromatic carbocycles. The van der Waals surface area contributed by atoms with Gasteiger partial charge in [-0.05, 0) is 24.3 Å². The minimum absolute atomic E-state index is 0.232. The lowest BCUT2D eigenvalue weighted by Gasteiger charge is -2.23. The van der Waals surface area contributed by atoms with Crippen LogP contribution >= 0.6 is 11.3 Å². The molecule has 0 radical (unpaired) electrons. The van der Waals surface area contributed by atoms with Crippen LogP contribution in [0.15, 0.2) is 35.8 Å². The molecular weight excluding hydrogens is 341 g/mol. The second kappa shape index (κ2) is 7.50. The molecule has 0 saturated carbocycles. The minimum Gasteiger partial charge on any atom is -0.487 e. The van der Waals surface area contributed by atoms with Gasteiger partial charge in [-0.15, -0.1) is 11.3 Å². The van der Waals surface area contributed by atoms with Gasteiger partial charge in [0.05, 0.1) is 25.3 Å². The Morgan fingerprint density at radius 2 is 2.08 bits per heavy atom. The lowest BCUT2D eigenvalue weighted by Crippen LogP contribution is -2.35. The molecule has 1 fully saturated rings. The molecule has 0 amide bonds. The summed E-state index contributed by atoms with van der Waals surface area (Å²) in [6.45, 7) is 3.13. The normalized spacial score (nSPS) is 19.9. The lowest BCUT2D eigenvalue weighted by atomic mass is 10.2. The fraction of sp³-hybridized carbons (Fsp3) is 0.438. The van der Waals surface area contributed by atoms with Crippen molar-refractivity contribution in [3.63, 3.8) is 0 Å². The molecule has 0 bridgehead atoms. The van der Waals surface area contributed by atoms with Gasteiger partial charge in [0.25, 0.3) is 0 Å². The Kier molecular flexibility index (Phi) is 5.37. The molecule has 2 aromatic rings. The molecule has 24 heavy (non-hydrogen) atoms. The summed E-state index contributed by atoms with van der Waals surface area (Å²) in [5, 5.41) is 2.95. The van der Waals surface area contributed by atoms with Crippen LogP contribution in [0, 0.1) is 0 Å². The van der Waals surface area contributed by atoms with E-state index < -0.39 is 11.7 Å². The average molecular weight is 358 g/mol. The van der Waals surface area contributed by atoms with Gasteiger partial charge in [-0.3, -0.25) is 4.90 Å². The van der Waals surface area contributed by atoms with Crippen molar-refractivity contribution >= 4 is 11.3 Å². The van der Waals surface area contributed by atoms with E-state index in [-0.39, 0.29) is 6.10 Å². The standard InChI is InChI=1S/C16H17F3N2O2S/c17-16(18,19)12-1-3-13(4-2-12)23-14-9-21(6-7-22-11-14)10-15-20-5-8-24-15/h1-5,8,14H,6-7,9-11H2/t14-/m1/s1. The van der Waals surface area contributed by atoms with Gasteiger partial charge >= 0.3 is 6.18 Å². The maximum Gasteiger partial charge on any atom is 0.416 e. The summed E-state index contributed by atoms with van der Waals surface area (Å²) in [6.07, 6.45) is -2.80. The van der Waals surface area contributed by atoms with E-state index >= 15 is 0 Å². The number of hydrogen-bond acceptors (Lipinski definition) is 5. The van der Waals surface area contributed by atoms with Crippen molar-refractivity contribution in [2.75, 3.05) is 26.3 Å². The summed E-state index contributed by atoms with van der Waals surface area (Å²) in [5.41, 5.74) is -0.683. The SMILES string of the molecule is FC(F)(F)c1ccc(O[C@H]2COCCN(Cc3nccs3)C2)cc1. The molecule has 0 aliphatic carbocycles. The van der Waals surface area contributed by atoms with E-state index in [9.17, 15) is 13.2 Å². The molecule has 4 nitrogen and oxygen atoms in total. The molecule has 1 aliphatic heterocycles. The van der Waals surface area contributed by atoms with Gasteiger partial charge in [-0.1, -0.05) is 0 Å². The van der Waals surface area contributed by atoms with Crippen molar-refractivity contribution in [2.24, 2.45) is 0 Å².